The summed E-state index contributed by atoms with van der Waals surface area (Å²) in [5.41, 5.74) is 2.09. The third-order valence-corrected chi connectivity index (χ3v) is 4.38. The molecule has 0 aliphatic carbocycles. The number of benzene rings is 3. The summed E-state index contributed by atoms with van der Waals surface area (Å²) < 4.78 is 0. The van der Waals surface area contributed by atoms with E-state index in [1.54, 1.807) is 42.3 Å². The molecule has 1 N–H and O–H groups in total. The van der Waals surface area contributed by atoms with Crippen molar-refractivity contribution < 1.29 is 9.59 Å². The van der Waals surface area contributed by atoms with E-state index in [1.165, 1.54) is 12.1 Å². The van der Waals surface area contributed by atoms with Gasteiger partial charge in [-0.15, -0.1) is 0 Å². The Morgan fingerprint density at radius 3 is 2.15 bits per heavy atom. The molecule has 0 saturated heterocycles. The Balaban J connectivity index is 1.79. The number of halogens is 2. The molecule has 0 spiro atoms. The van der Waals surface area contributed by atoms with Crippen molar-refractivity contribution in [1.82, 2.24) is 0 Å². The van der Waals surface area contributed by atoms with Gasteiger partial charge in [-0.3, -0.25) is 9.59 Å². The topological polar surface area (TPSA) is 49.4 Å². The number of carbonyl (C=O) groups excluding carboxylic acids is 2. The fraction of sp³-hybridized carbons (Fsp3) is 0.0476. The molecule has 0 saturated carbocycles. The number of anilines is 2. The van der Waals surface area contributed by atoms with Gasteiger partial charge in [0.25, 0.3) is 11.8 Å². The number of rotatable bonds is 4. The van der Waals surface area contributed by atoms with E-state index in [-0.39, 0.29) is 11.8 Å². The molecular formula is C21H16Cl2N2O2. The molecular weight excluding hydrogens is 383 g/mol. The summed E-state index contributed by atoms with van der Waals surface area (Å²) in [6, 6.07) is 20.7. The highest BCUT2D eigenvalue weighted by Crippen LogP contribution is 2.21. The van der Waals surface area contributed by atoms with Crippen molar-refractivity contribution in [2.75, 3.05) is 17.3 Å². The largest absolute Gasteiger partial charge is 0.322 e. The Hall–Kier alpha value is -2.82. The first-order valence-corrected chi connectivity index (χ1v) is 8.90. The van der Waals surface area contributed by atoms with Crippen molar-refractivity contribution in [2.45, 2.75) is 0 Å². The normalized spacial score (nSPS) is 10.3. The molecule has 6 heteroatoms. The van der Waals surface area contributed by atoms with Crippen LogP contribution in [-0.4, -0.2) is 18.9 Å². The van der Waals surface area contributed by atoms with Gasteiger partial charge in [-0.1, -0.05) is 47.5 Å². The zero-order valence-corrected chi connectivity index (χ0v) is 16.0. The molecule has 2 amide bonds. The summed E-state index contributed by atoms with van der Waals surface area (Å²) in [7, 11) is 1.71. The van der Waals surface area contributed by atoms with E-state index in [2.05, 4.69) is 5.32 Å². The van der Waals surface area contributed by atoms with Crippen molar-refractivity contribution in [3.63, 3.8) is 0 Å². The Morgan fingerprint density at radius 1 is 0.815 bits per heavy atom. The Kier molecular flexibility index (Phi) is 5.79. The van der Waals surface area contributed by atoms with Gasteiger partial charge in [-0.25, -0.2) is 0 Å². The van der Waals surface area contributed by atoms with Crippen LogP contribution in [0.5, 0.6) is 0 Å². The molecule has 3 rings (SSSR count). The third kappa shape index (κ3) is 4.67. The summed E-state index contributed by atoms with van der Waals surface area (Å²) in [6.45, 7) is 0. The summed E-state index contributed by atoms with van der Waals surface area (Å²) >= 11 is 11.9. The summed E-state index contributed by atoms with van der Waals surface area (Å²) in [5.74, 6) is -0.538. The predicted molar refractivity (Wildman–Crippen MR) is 110 cm³/mol. The lowest BCUT2D eigenvalue weighted by atomic mass is 10.1. The monoisotopic (exact) mass is 398 g/mol. The lowest BCUT2D eigenvalue weighted by Gasteiger charge is -2.17. The summed E-state index contributed by atoms with van der Waals surface area (Å²) in [4.78, 5) is 26.7. The van der Waals surface area contributed by atoms with Crippen molar-refractivity contribution in [3.05, 3.63) is 94.0 Å². The quantitative estimate of drug-likeness (QED) is 0.628. The van der Waals surface area contributed by atoms with Crippen molar-refractivity contribution in [3.8, 4) is 0 Å². The van der Waals surface area contributed by atoms with E-state index in [0.717, 1.165) is 5.69 Å². The molecule has 136 valence electrons. The number of carbonyl (C=O) groups is 2. The van der Waals surface area contributed by atoms with E-state index in [1.807, 2.05) is 30.3 Å². The zero-order chi connectivity index (χ0) is 19.4. The van der Waals surface area contributed by atoms with Crippen LogP contribution in [0, 0.1) is 0 Å². The van der Waals surface area contributed by atoms with E-state index in [9.17, 15) is 9.59 Å². The molecule has 0 aliphatic rings. The molecule has 0 atom stereocenters. The SMILES string of the molecule is CN(C(=O)c1cccc(NC(=O)c2cc(Cl)cc(Cl)c2)c1)c1ccccc1. The van der Waals surface area contributed by atoms with Crippen LogP contribution in [0.25, 0.3) is 0 Å². The van der Waals surface area contributed by atoms with Gasteiger partial charge >= 0.3 is 0 Å². The second kappa shape index (κ2) is 8.25. The van der Waals surface area contributed by atoms with Crippen molar-refractivity contribution >= 4 is 46.4 Å². The average molecular weight is 399 g/mol. The molecule has 0 aliphatic heterocycles. The average Bonchev–Trinajstić information content (AvgIpc) is 2.67. The Morgan fingerprint density at radius 2 is 1.48 bits per heavy atom. The first kappa shape index (κ1) is 19.0. The molecule has 27 heavy (non-hydrogen) atoms. The second-order valence-electron chi connectivity index (χ2n) is 5.89. The summed E-state index contributed by atoms with van der Waals surface area (Å²) in [5, 5.41) is 3.51. The maximum absolute atomic E-state index is 12.7. The number of hydrogen-bond acceptors (Lipinski definition) is 2. The lowest BCUT2D eigenvalue weighted by molar-refractivity contribution is 0.0990. The van der Waals surface area contributed by atoms with Gasteiger partial charge in [0.05, 0.1) is 0 Å². The minimum absolute atomic E-state index is 0.178. The van der Waals surface area contributed by atoms with Crippen LogP contribution < -0.4 is 10.2 Å². The number of nitrogens with one attached hydrogen (secondary N) is 1. The van der Waals surface area contributed by atoms with Gasteiger partial charge in [-0.2, -0.15) is 0 Å². The number of hydrogen-bond donors (Lipinski definition) is 1. The van der Waals surface area contributed by atoms with Crippen molar-refractivity contribution in [2.24, 2.45) is 0 Å². The second-order valence-corrected chi connectivity index (χ2v) is 6.77. The van der Waals surface area contributed by atoms with E-state index >= 15 is 0 Å². The molecule has 0 fully saturated rings. The van der Waals surface area contributed by atoms with Crippen LogP contribution in [-0.2, 0) is 0 Å². The maximum atomic E-state index is 12.7. The van der Waals surface area contributed by atoms with Crippen LogP contribution in [0.1, 0.15) is 20.7 Å². The highest BCUT2D eigenvalue weighted by atomic mass is 35.5. The van der Waals surface area contributed by atoms with Gasteiger partial charge < -0.3 is 10.2 Å². The van der Waals surface area contributed by atoms with Crippen molar-refractivity contribution in [1.29, 1.82) is 0 Å². The molecule has 4 nitrogen and oxygen atoms in total. The van der Waals surface area contributed by atoms with Crippen LogP contribution in [0.2, 0.25) is 10.0 Å². The molecule has 0 bridgehead atoms. The smallest absolute Gasteiger partial charge is 0.258 e. The van der Waals surface area contributed by atoms with Gasteiger partial charge in [0.1, 0.15) is 0 Å². The number of para-hydroxylation sites is 1. The molecule has 0 aromatic heterocycles. The van der Waals surface area contributed by atoms with Gasteiger partial charge in [0.15, 0.2) is 0 Å². The number of amides is 2. The van der Waals surface area contributed by atoms with E-state index in [4.69, 9.17) is 23.2 Å². The zero-order valence-electron chi connectivity index (χ0n) is 14.4. The highest BCUT2D eigenvalue weighted by Gasteiger charge is 2.15. The fourth-order valence-corrected chi connectivity index (χ4v) is 3.11. The third-order valence-electron chi connectivity index (χ3n) is 3.94. The predicted octanol–water partition coefficient (Wildman–Crippen LogP) is 5.52. The molecule has 3 aromatic rings. The molecule has 0 unspecified atom stereocenters. The Bertz CT molecular complexity index is 970. The highest BCUT2D eigenvalue weighted by molar-refractivity contribution is 6.35. The van der Waals surface area contributed by atoms with Gasteiger partial charge in [0, 0.05) is 39.6 Å². The van der Waals surface area contributed by atoms with Crippen LogP contribution in [0.15, 0.2) is 72.8 Å². The molecule has 3 aromatic carbocycles. The van der Waals surface area contributed by atoms with Crippen LogP contribution in [0.3, 0.4) is 0 Å². The minimum Gasteiger partial charge on any atom is -0.322 e. The first-order valence-electron chi connectivity index (χ1n) is 8.14. The van der Waals surface area contributed by atoms with Gasteiger partial charge in [0.2, 0.25) is 0 Å². The number of nitrogens with zero attached hydrogens (tertiary/aromatic N) is 1. The van der Waals surface area contributed by atoms with Crippen LogP contribution in [0.4, 0.5) is 11.4 Å². The maximum Gasteiger partial charge on any atom is 0.258 e. The van der Waals surface area contributed by atoms with Gasteiger partial charge in [-0.05, 0) is 48.5 Å². The van der Waals surface area contributed by atoms with E-state index < -0.39 is 0 Å². The standard InChI is InChI=1S/C21H16Cl2N2O2/c1-25(19-8-3-2-4-9-19)21(27)14-6-5-7-18(12-14)24-20(26)15-10-16(22)13-17(23)11-15/h2-13H,1H3,(H,24,26). The summed E-state index contributed by atoms with van der Waals surface area (Å²) in [6.07, 6.45) is 0. The molecule has 0 heterocycles. The molecule has 0 radical (unpaired) electrons. The minimum atomic E-state index is -0.361. The fourth-order valence-electron chi connectivity index (χ4n) is 2.58. The Labute approximate surface area is 167 Å². The van der Waals surface area contributed by atoms with Crippen LogP contribution >= 0.6 is 23.2 Å². The first-order chi connectivity index (χ1) is 12.9. The lowest BCUT2D eigenvalue weighted by Crippen LogP contribution is -2.26. The van der Waals surface area contributed by atoms with E-state index in [0.29, 0.717) is 26.9 Å².